The Morgan fingerprint density at radius 3 is 2.95 bits per heavy atom. The van der Waals surface area contributed by atoms with Gasteiger partial charge in [0.1, 0.15) is 6.54 Å². The number of amides is 2. The van der Waals surface area contributed by atoms with E-state index in [0.717, 1.165) is 0 Å². The van der Waals surface area contributed by atoms with Gasteiger partial charge < -0.3 is 15.3 Å². The fraction of sp³-hybridized carbons (Fsp3) is 0.455. The minimum atomic E-state index is -1.01. The van der Waals surface area contributed by atoms with Crippen LogP contribution in [0.4, 0.5) is 10.5 Å². The van der Waals surface area contributed by atoms with E-state index < -0.39 is 5.97 Å². The lowest BCUT2D eigenvalue weighted by atomic mass is 10.2. The van der Waals surface area contributed by atoms with Gasteiger partial charge in [-0.3, -0.25) is 9.48 Å². The van der Waals surface area contributed by atoms with Gasteiger partial charge in [0.05, 0.1) is 24.4 Å². The minimum absolute atomic E-state index is 0.209. The van der Waals surface area contributed by atoms with Crippen LogP contribution in [0.2, 0.25) is 0 Å². The number of carbonyl (C=O) groups is 2. The molecule has 1 rings (SSSR count). The summed E-state index contributed by atoms with van der Waals surface area (Å²) < 4.78 is 1.21. The Morgan fingerprint density at radius 1 is 1.68 bits per heavy atom. The highest BCUT2D eigenvalue weighted by molar-refractivity contribution is 5.89. The second kappa shape index (κ2) is 6.39. The highest BCUT2D eigenvalue weighted by atomic mass is 16.4. The maximum Gasteiger partial charge on any atom is 0.325 e. The quantitative estimate of drug-likeness (QED) is 0.815. The van der Waals surface area contributed by atoms with Crippen molar-refractivity contribution in [1.29, 1.82) is 5.26 Å². The number of nitriles is 1. The van der Waals surface area contributed by atoms with E-state index in [1.807, 2.05) is 6.07 Å². The highest BCUT2D eigenvalue weighted by Gasteiger charge is 2.16. The van der Waals surface area contributed by atoms with Crippen molar-refractivity contribution in [2.24, 2.45) is 0 Å². The molecule has 1 heterocycles. The number of anilines is 1. The lowest BCUT2D eigenvalue weighted by Gasteiger charge is -2.22. The average molecular weight is 265 g/mol. The van der Waals surface area contributed by atoms with Gasteiger partial charge in [0.2, 0.25) is 0 Å². The van der Waals surface area contributed by atoms with Crippen LogP contribution in [0.3, 0.4) is 0 Å². The molecule has 102 valence electrons. The topological polar surface area (TPSA) is 111 Å². The van der Waals surface area contributed by atoms with E-state index >= 15 is 0 Å². The van der Waals surface area contributed by atoms with Gasteiger partial charge in [0, 0.05) is 19.3 Å². The van der Waals surface area contributed by atoms with Gasteiger partial charge in [-0.15, -0.1) is 0 Å². The Bertz CT molecular complexity index is 505. The predicted octanol–water partition coefficient (Wildman–Crippen LogP) is 0.734. The van der Waals surface area contributed by atoms with Gasteiger partial charge in [0.15, 0.2) is 0 Å². The summed E-state index contributed by atoms with van der Waals surface area (Å²) in [5, 5.41) is 23.5. The summed E-state index contributed by atoms with van der Waals surface area (Å²) in [6.45, 7) is 1.49. The molecule has 1 atom stereocenters. The summed E-state index contributed by atoms with van der Waals surface area (Å²) in [6, 6.07) is 1.40. The molecule has 0 aliphatic heterocycles. The number of hydrogen-bond acceptors (Lipinski definition) is 4. The molecule has 2 N–H and O–H groups in total. The second-order valence-electron chi connectivity index (χ2n) is 4.07. The number of nitrogens with one attached hydrogen (secondary N) is 1. The number of carbonyl (C=O) groups excluding carboxylic acids is 1. The number of carboxylic acid groups (broad SMARTS) is 1. The maximum absolute atomic E-state index is 11.8. The zero-order valence-electron chi connectivity index (χ0n) is 10.7. The molecule has 0 spiro atoms. The van der Waals surface area contributed by atoms with Gasteiger partial charge in [0.25, 0.3) is 0 Å². The maximum atomic E-state index is 11.8. The molecule has 2 amide bonds. The Balaban J connectivity index is 2.59. The summed E-state index contributed by atoms with van der Waals surface area (Å²) in [5.74, 6) is -1.01. The van der Waals surface area contributed by atoms with E-state index in [1.54, 1.807) is 14.0 Å². The number of rotatable bonds is 5. The van der Waals surface area contributed by atoms with Crippen LogP contribution in [0.25, 0.3) is 0 Å². The fourth-order valence-corrected chi connectivity index (χ4v) is 1.33. The second-order valence-corrected chi connectivity index (χ2v) is 4.07. The Hall–Kier alpha value is -2.56. The summed E-state index contributed by atoms with van der Waals surface area (Å²) in [5.41, 5.74) is 0.405. The molecule has 0 aromatic carbocycles. The van der Waals surface area contributed by atoms with Crippen molar-refractivity contribution < 1.29 is 14.7 Å². The predicted molar refractivity (Wildman–Crippen MR) is 66.3 cm³/mol. The lowest BCUT2D eigenvalue weighted by molar-refractivity contribution is -0.137. The molecule has 8 heteroatoms. The van der Waals surface area contributed by atoms with E-state index in [0.29, 0.717) is 5.69 Å². The van der Waals surface area contributed by atoms with Crippen molar-refractivity contribution in [1.82, 2.24) is 14.7 Å². The Morgan fingerprint density at radius 2 is 2.37 bits per heavy atom. The van der Waals surface area contributed by atoms with Crippen LogP contribution in [-0.4, -0.2) is 44.9 Å². The zero-order valence-corrected chi connectivity index (χ0v) is 10.7. The van der Waals surface area contributed by atoms with Crippen molar-refractivity contribution in [2.75, 3.05) is 12.4 Å². The first-order valence-corrected chi connectivity index (χ1v) is 5.59. The first-order valence-electron chi connectivity index (χ1n) is 5.59. The fourth-order valence-electron chi connectivity index (χ4n) is 1.33. The van der Waals surface area contributed by atoms with Crippen molar-refractivity contribution in [3.63, 3.8) is 0 Å². The summed E-state index contributed by atoms with van der Waals surface area (Å²) in [4.78, 5) is 23.7. The normalized spacial score (nSPS) is 11.4. The Labute approximate surface area is 110 Å². The molecule has 1 aromatic heterocycles. The molecule has 0 aliphatic rings. The summed E-state index contributed by atoms with van der Waals surface area (Å²) >= 11 is 0. The first-order chi connectivity index (χ1) is 8.93. The molecule has 8 nitrogen and oxygen atoms in total. The third kappa shape index (κ3) is 4.31. The smallest absolute Gasteiger partial charge is 0.325 e. The van der Waals surface area contributed by atoms with Crippen LogP contribution in [0, 0.1) is 11.3 Å². The standard InChI is InChI=1S/C11H15N5O3/c1-8(3-4-12)15(2)11(19)14-9-5-13-16(6-9)7-10(17)18/h5-6,8H,3,7H2,1-2H3,(H,14,19)(H,17,18). The molecule has 0 saturated heterocycles. The monoisotopic (exact) mass is 265 g/mol. The molecule has 1 aromatic rings. The van der Waals surface area contributed by atoms with Gasteiger partial charge in [-0.1, -0.05) is 0 Å². The SMILES string of the molecule is CC(CC#N)N(C)C(=O)Nc1cnn(CC(=O)O)c1. The number of hydrogen-bond donors (Lipinski definition) is 2. The molecule has 0 bridgehead atoms. The van der Waals surface area contributed by atoms with Crippen LogP contribution in [0.15, 0.2) is 12.4 Å². The first kappa shape index (κ1) is 14.5. The van der Waals surface area contributed by atoms with Crippen molar-refractivity contribution in [3.05, 3.63) is 12.4 Å². The third-order valence-corrected chi connectivity index (χ3v) is 2.55. The van der Waals surface area contributed by atoms with Crippen molar-refractivity contribution in [2.45, 2.75) is 25.9 Å². The zero-order chi connectivity index (χ0) is 14.4. The van der Waals surface area contributed by atoms with Crippen LogP contribution in [0.1, 0.15) is 13.3 Å². The molecular formula is C11H15N5O3. The molecular weight excluding hydrogens is 250 g/mol. The van der Waals surface area contributed by atoms with Gasteiger partial charge in [-0.25, -0.2) is 4.79 Å². The van der Waals surface area contributed by atoms with E-state index in [9.17, 15) is 9.59 Å². The van der Waals surface area contributed by atoms with Gasteiger partial charge in [-0.05, 0) is 6.92 Å². The molecule has 0 saturated carbocycles. The van der Waals surface area contributed by atoms with E-state index in [1.165, 1.54) is 22.0 Å². The largest absolute Gasteiger partial charge is 0.480 e. The number of carboxylic acids is 1. The Kier molecular flexibility index (Phi) is 4.88. The number of aliphatic carboxylic acids is 1. The van der Waals surface area contributed by atoms with Crippen molar-refractivity contribution in [3.8, 4) is 6.07 Å². The van der Waals surface area contributed by atoms with E-state index in [-0.39, 0.29) is 25.0 Å². The highest BCUT2D eigenvalue weighted by Crippen LogP contribution is 2.08. The van der Waals surface area contributed by atoms with E-state index in [2.05, 4.69) is 10.4 Å². The number of urea groups is 1. The third-order valence-electron chi connectivity index (χ3n) is 2.55. The minimum Gasteiger partial charge on any atom is -0.480 e. The summed E-state index contributed by atoms with van der Waals surface area (Å²) in [6.07, 6.45) is 3.03. The molecule has 19 heavy (non-hydrogen) atoms. The van der Waals surface area contributed by atoms with Gasteiger partial charge in [-0.2, -0.15) is 10.4 Å². The molecule has 0 radical (unpaired) electrons. The molecule has 0 aliphatic carbocycles. The lowest BCUT2D eigenvalue weighted by Crippen LogP contribution is -2.37. The summed E-state index contributed by atoms with van der Waals surface area (Å²) in [7, 11) is 1.58. The van der Waals surface area contributed by atoms with Crippen molar-refractivity contribution >= 4 is 17.7 Å². The van der Waals surface area contributed by atoms with Crippen LogP contribution >= 0.6 is 0 Å². The van der Waals surface area contributed by atoms with E-state index in [4.69, 9.17) is 10.4 Å². The number of aromatic nitrogens is 2. The average Bonchev–Trinajstić information content (AvgIpc) is 2.74. The van der Waals surface area contributed by atoms with Crippen LogP contribution < -0.4 is 5.32 Å². The van der Waals surface area contributed by atoms with Crippen LogP contribution in [0.5, 0.6) is 0 Å². The number of nitrogens with zero attached hydrogens (tertiary/aromatic N) is 4. The molecule has 0 fully saturated rings. The van der Waals surface area contributed by atoms with Gasteiger partial charge >= 0.3 is 12.0 Å². The van der Waals surface area contributed by atoms with Crippen LogP contribution in [-0.2, 0) is 11.3 Å². The molecule has 1 unspecified atom stereocenters.